The largest absolute Gasteiger partial charge is 0.393 e. The lowest BCUT2D eigenvalue weighted by Gasteiger charge is -2.21. The summed E-state index contributed by atoms with van der Waals surface area (Å²) in [5.41, 5.74) is 1.15. The average molecular weight is 299 g/mol. The first-order valence-electron chi connectivity index (χ1n) is 6.73. The summed E-state index contributed by atoms with van der Waals surface area (Å²) in [7, 11) is 1.72. The van der Waals surface area contributed by atoms with E-state index >= 15 is 0 Å². The molecule has 0 radical (unpaired) electrons. The predicted octanol–water partition coefficient (Wildman–Crippen LogP) is 2.88. The summed E-state index contributed by atoms with van der Waals surface area (Å²) in [5, 5.41) is 9.60. The minimum Gasteiger partial charge on any atom is -0.393 e. The van der Waals surface area contributed by atoms with E-state index in [0.717, 1.165) is 5.69 Å². The zero-order chi connectivity index (χ0) is 15.5. The van der Waals surface area contributed by atoms with Gasteiger partial charge in [-0.1, -0.05) is 32.4 Å². The molecule has 1 aromatic rings. The molecule has 1 amide bonds. The molecule has 1 heterocycles. The fraction of sp³-hybridized carbons (Fsp3) is 0.600. The summed E-state index contributed by atoms with van der Waals surface area (Å²) >= 11 is 6.01. The van der Waals surface area contributed by atoms with Crippen molar-refractivity contribution in [3.05, 3.63) is 28.5 Å². The third kappa shape index (κ3) is 4.76. The molecule has 0 saturated carbocycles. The van der Waals surface area contributed by atoms with E-state index in [2.05, 4.69) is 4.98 Å². The van der Waals surface area contributed by atoms with Gasteiger partial charge in [0.25, 0.3) is 5.91 Å². The third-order valence-corrected chi connectivity index (χ3v) is 3.23. The molecule has 0 fully saturated rings. The van der Waals surface area contributed by atoms with Gasteiger partial charge in [0, 0.05) is 30.3 Å². The van der Waals surface area contributed by atoms with Gasteiger partial charge < -0.3 is 10.0 Å². The number of rotatable bonds is 4. The predicted molar refractivity (Wildman–Crippen MR) is 81.2 cm³/mol. The van der Waals surface area contributed by atoms with E-state index in [-0.39, 0.29) is 11.3 Å². The second-order valence-corrected chi connectivity index (χ2v) is 6.57. The Balaban J connectivity index is 2.96. The molecule has 5 heteroatoms. The Morgan fingerprint density at radius 3 is 2.55 bits per heavy atom. The smallest absolute Gasteiger partial charge is 0.253 e. The summed E-state index contributed by atoms with van der Waals surface area (Å²) in [5.74, 6) is -0.111. The number of nitrogens with zero attached hydrogens (tertiary/aromatic N) is 2. The molecule has 0 aliphatic rings. The lowest BCUT2D eigenvalue weighted by Crippen LogP contribution is -2.30. The number of aromatic nitrogens is 1. The second-order valence-electron chi connectivity index (χ2n) is 6.18. The van der Waals surface area contributed by atoms with Crippen molar-refractivity contribution in [2.24, 2.45) is 0 Å². The summed E-state index contributed by atoms with van der Waals surface area (Å²) in [4.78, 5) is 18.2. The van der Waals surface area contributed by atoms with Crippen molar-refractivity contribution in [2.45, 2.75) is 45.6 Å². The van der Waals surface area contributed by atoms with Crippen molar-refractivity contribution in [3.63, 3.8) is 0 Å². The number of amides is 1. The van der Waals surface area contributed by atoms with Crippen molar-refractivity contribution >= 4 is 17.5 Å². The van der Waals surface area contributed by atoms with Gasteiger partial charge in [0.1, 0.15) is 5.15 Å². The Labute approximate surface area is 125 Å². The van der Waals surface area contributed by atoms with Crippen LogP contribution in [0.25, 0.3) is 0 Å². The molecule has 1 atom stereocenters. The van der Waals surface area contributed by atoms with Gasteiger partial charge in [0.05, 0.1) is 6.10 Å². The van der Waals surface area contributed by atoms with Crippen LogP contribution in [0.1, 0.15) is 50.2 Å². The number of halogens is 1. The molecule has 0 saturated heterocycles. The highest BCUT2D eigenvalue weighted by Gasteiger charge is 2.20. The first-order chi connectivity index (χ1) is 9.11. The monoisotopic (exact) mass is 298 g/mol. The average Bonchev–Trinajstić information content (AvgIpc) is 2.33. The van der Waals surface area contributed by atoms with Gasteiger partial charge in [0.15, 0.2) is 0 Å². The highest BCUT2D eigenvalue weighted by atomic mass is 35.5. The van der Waals surface area contributed by atoms with Gasteiger partial charge in [0.2, 0.25) is 0 Å². The van der Waals surface area contributed by atoms with Crippen LogP contribution < -0.4 is 0 Å². The number of aliphatic hydroxyl groups is 1. The SMILES string of the molecule is CC(O)CCN(C)C(=O)c1cc(Cl)nc(C(C)(C)C)c1. The molecule has 1 aromatic heterocycles. The van der Waals surface area contributed by atoms with Crippen molar-refractivity contribution < 1.29 is 9.90 Å². The van der Waals surface area contributed by atoms with Crippen LogP contribution in [0.15, 0.2) is 12.1 Å². The summed E-state index contributed by atoms with van der Waals surface area (Å²) in [6.07, 6.45) is 0.129. The summed E-state index contributed by atoms with van der Waals surface area (Å²) in [6, 6.07) is 3.37. The van der Waals surface area contributed by atoms with E-state index in [1.807, 2.05) is 20.8 Å². The normalized spacial score (nSPS) is 13.2. The van der Waals surface area contributed by atoms with E-state index in [1.165, 1.54) is 0 Å². The van der Waals surface area contributed by atoms with Crippen LogP contribution in [0.4, 0.5) is 0 Å². The second kappa shape index (κ2) is 6.55. The number of hydrogen-bond acceptors (Lipinski definition) is 3. The van der Waals surface area contributed by atoms with Crippen molar-refractivity contribution in [2.75, 3.05) is 13.6 Å². The maximum atomic E-state index is 12.3. The first-order valence-corrected chi connectivity index (χ1v) is 7.10. The van der Waals surface area contributed by atoms with Gasteiger partial charge in [-0.15, -0.1) is 0 Å². The Morgan fingerprint density at radius 1 is 1.45 bits per heavy atom. The number of hydrogen-bond donors (Lipinski definition) is 1. The molecule has 0 aromatic carbocycles. The number of aliphatic hydroxyl groups excluding tert-OH is 1. The maximum absolute atomic E-state index is 12.3. The molecule has 0 aliphatic heterocycles. The molecule has 0 aliphatic carbocycles. The molecule has 1 unspecified atom stereocenters. The topological polar surface area (TPSA) is 53.4 Å². The van der Waals surface area contributed by atoms with Crippen molar-refractivity contribution in [3.8, 4) is 0 Å². The Hall–Kier alpha value is -1.13. The summed E-state index contributed by atoms with van der Waals surface area (Å²) in [6.45, 7) is 8.28. The van der Waals surface area contributed by atoms with Gasteiger partial charge >= 0.3 is 0 Å². The molecule has 1 rings (SSSR count). The highest BCUT2D eigenvalue weighted by Crippen LogP contribution is 2.23. The van der Waals surface area contributed by atoms with E-state index in [9.17, 15) is 9.90 Å². The zero-order valence-corrected chi connectivity index (χ0v) is 13.5. The first kappa shape index (κ1) is 16.9. The lowest BCUT2D eigenvalue weighted by molar-refractivity contribution is 0.0768. The molecule has 20 heavy (non-hydrogen) atoms. The Bertz CT molecular complexity index is 481. The summed E-state index contributed by atoms with van der Waals surface area (Å²) < 4.78 is 0. The number of carbonyl (C=O) groups excluding carboxylic acids is 1. The van der Waals surface area contributed by atoms with E-state index < -0.39 is 6.10 Å². The van der Waals surface area contributed by atoms with Gasteiger partial charge in [-0.2, -0.15) is 0 Å². The third-order valence-electron chi connectivity index (χ3n) is 3.04. The molecule has 0 spiro atoms. The van der Waals surface area contributed by atoms with Crippen LogP contribution in [0.2, 0.25) is 5.15 Å². The minimum atomic E-state index is -0.420. The molecule has 4 nitrogen and oxygen atoms in total. The van der Waals surface area contributed by atoms with E-state index in [4.69, 9.17) is 11.6 Å². The molecule has 1 N–H and O–H groups in total. The van der Waals surface area contributed by atoms with Crippen LogP contribution in [0.3, 0.4) is 0 Å². The zero-order valence-electron chi connectivity index (χ0n) is 12.8. The molecular formula is C15H23ClN2O2. The quantitative estimate of drug-likeness (QED) is 0.870. The van der Waals surface area contributed by atoms with Crippen LogP contribution in [0.5, 0.6) is 0 Å². The fourth-order valence-corrected chi connectivity index (χ4v) is 1.92. The standard InChI is InChI=1S/C15H23ClN2O2/c1-10(19)6-7-18(5)14(20)11-8-12(15(2,3)4)17-13(16)9-11/h8-10,19H,6-7H2,1-5H3. The van der Waals surface area contributed by atoms with Crippen molar-refractivity contribution in [1.29, 1.82) is 0 Å². The lowest BCUT2D eigenvalue weighted by atomic mass is 9.91. The molecule has 112 valence electrons. The van der Waals surface area contributed by atoms with Gasteiger partial charge in [-0.25, -0.2) is 4.98 Å². The molecule has 0 bridgehead atoms. The fourth-order valence-electron chi connectivity index (χ4n) is 1.71. The number of carbonyl (C=O) groups is 1. The minimum absolute atomic E-state index is 0.111. The Morgan fingerprint density at radius 2 is 2.05 bits per heavy atom. The van der Waals surface area contributed by atoms with Crippen LogP contribution in [-0.2, 0) is 5.41 Å². The van der Waals surface area contributed by atoms with E-state index in [1.54, 1.807) is 31.0 Å². The molecular weight excluding hydrogens is 276 g/mol. The van der Waals surface area contributed by atoms with Crippen molar-refractivity contribution in [1.82, 2.24) is 9.88 Å². The highest BCUT2D eigenvalue weighted by molar-refractivity contribution is 6.29. The van der Waals surface area contributed by atoms with Crippen LogP contribution >= 0.6 is 11.6 Å². The van der Waals surface area contributed by atoms with Crippen LogP contribution in [-0.4, -0.2) is 40.6 Å². The van der Waals surface area contributed by atoms with Gasteiger partial charge in [-0.3, -0.25) is 4.79 Å². The van der Waals surface area contributed by atoms with E-state index in [0.29, 0.717) is 23.7 Å². The Kier molecular flexibility index (Phi) is 5.54. The number of pyridine rings is 1. The van der Waals surface area contributed by atoms with Gasteiger partial charge in [-0.05, 0) is 25.5 Å². The van der Waals surface area contributed by atoms with Crippen LogP contribution in [0, 0.1) is 0 Å². The maximum Gasteiger partial charge on any atom is 0.253 e.